The Morgan fingerprint density at radius 3 is 2.18 bits per heavy atom. The van der Waals surface area contributed by atoms with Gasteiger partial charge in [-0.1, -0.05) is 36.4 Å². The third-order valence-electron chi connectivity index (χ3n) is 4.19. The Morgan fingerprint density at radius 2 is 1.64 bits per heavy atom. The Balaban J connectivity index is 2.23. The smallest absolute Gasteiger partial charge is 0.267 e. The van der Waals surface area contributed by atoms with Gasteiger partial charge in [-0.3, -0.25) is 4.79 Å². The molecule has 0 fully saturated rings. The van der Waals surface area contributed by atoms with Crippen LogP contribution < -0.4 is 5.56 Å². The molecule has 3 rings (SSSR count). The van der Waals surface area contributed by atoms with Crippen LogP contribution in [0.2, 0.25) is 0 Å². The summed E-state index contributed by atoms with van der Waals surface area (Å²) >= 11 is 0. The zero-order chi connectivity index (χ0) is 20.5. The van der Waals surface area contributed by atoms with E-state index in [0.29, 0.717) is 22.3 Å². The molecule has 28 heavy (non-hydrogen) atoms. The molecule has 0 bridgehead atoms. The zero-order valence-corrected chi connectivity index (χ0v) is 16.3. The van der Waals surface area contributed by atoms with E-state index >= 15 is 0 Å². The van der Waals surface area contributed by atoms with Crippen LogP contribution in [0.15, 0.2) is 76.6 Å². The topological polar surface area (TPSA) is 69.0 Å². The molecule has 0 radical (unpaired) electrons. The first-order valence-corrected chi connectivity index (χ1v) is 10.4. The molecule has 0 saturated carbocycles. The van der Waals surface area contributed by atoms with Crippen LogP contribution in [0, 0.1) is 5.82 Å². The molecule has 0 atom stereocenters. The van der Waals surface area contributed by atoms with Gasteiger partial charge in [-0.05, 0) is 42.3 Å². The monoisotopic (exact) mass is 398 g/mol. The SMILES string of the molecule is C=C(C)Cn1ncc(-c2ccc(S(C)(=O)=O)cc2)c(-c2ccc(F)cc2)c1=O. The third kappa shape index (κ3) is 4.09. The largest absolute Gasteiger partial charge is 0.275 e. The van der Waals surface area contributed by atoms with Gasteiger partial charge in [0.25, 0.3) is 5.56 Å². The summed E-state index contributed by atoms with van der Waals surface area (Å²) < 4.78 is 38.1. The summed E-state index contributed by atoms with van der Waals surface area (Å²) in [6.45, 7) is 5.87. The second kappa shape index (κ2) is 7.52. The summed E-state index contributed by atoms with van der Waals surface area (Å²) in [6, 6.07) is 11.9. The first kappa shape index (κ1) is 19.7. The van der Waals surface area contributed by atoms with Crippen molar-refractivity contribution in [1.82, 2.24) is 9.78 Å². The molecule has 1 aromatic heterocycles. The highest BCUT2D eigenvalue weighted by Gasteiger charge is 2.16. The van der Waals surface area contributed by atoms with Gasteiger partial charge in [0.1, 0.15) is 5.82 Å². The number of aromatic nitrogens is 2. The van der Waals surface area contributed by atoms with Gasteiger partial charge in [0.15, 0.2) is 9.84 Å². The van der Waals surface area contributed by atoms with Gasteiger partial charge in [-0.15, -0.1) is 0 Å². The molecular weight excluding hydrogens is 379 g/mol. The molecule has 0 aliphatic carbocycles. The Kier molecular flexibility index (Phi) is 5.29. The van der Waals surface area contributed by atoms with E-state index in [-0.39, 0.29) is 17.0 Å². The molecule has 1 heterocycles. The minimum Gasteiger partial charge on any atom is -0.267 e. The van der Waals surface area contributed by atoms with Gasteiger partial charge < -0.3 is 0 Å². The fourth-order valence-electron chi connectivity index (χ4n) is 2.85. The maximum atomic E-state index is 13.4. The van der Waals surface area contributed by atoms with Crippen LogP contribution in [0.4, 0.5) is 4.39 Å². The average molecular weight is 398 g/mol. The number of halogens is 1. The second-order valence-electron chi connectivity index (χ2n) is 6.66. The maximum Gasteiger partial charge on any atom is 0.275 e. The minimum atomic E-state index is -3.33. The van der Waals surface area contributed by atoms with Crippen molar-refractivity contribution in [2.45, 2.75) is 18.4 Å². The van der Waals surface area contributed by atoms with Gasteiger partial charge in [-0.25, -0.2) is 17.5 Å². The van der Waals surface area contributed by atoms with Gasteiger partial charge in [-0.2, -0.15) is 5.10 Å². The minimum absolute atomic E-state index is 0.183. The van der Waals surface area contributed by atoms with Crippen LogP contribution in [0.1, 0.15) is 6.92 Å². The summed E-state index contributed by atoms with van der Waals surface area (Å²) in [4.78, 5) is 13.3. The van der Waals surface area contributed by atoms with Crippen molar-refractivity contribution >= 4 is 9.84 Å². The van der Waals surface area contributed by atoms with Crippen LogP contribution >= 0.6 is 0 Å². The molecule has 3 aromatic rings. The molecule has 0 N–H and O–H groups in total. The average Bonchev–Trinajstić information content (AvgIpc) is 2.63. The normalized spacial score (nSPS) is 11.4. The van der Waals surface area contributed by atoms with E-state index in [4.69, 9.17) is 0 Å². The molecule has 2 aromatic carbocycles. The lowest BCUT2D eigenvalue weighted by Crippen LogP contribution is -2.25. The van der Waals surface area contributed by atoms with E-state index in [1.807, 2.05) is 0 Å². The quantitative estimate of drug-likeness (QED) is 0.615. The number of nitrogens with zero attached hydrogens (tertiary/aromatic N) is 2. The predicted octanol–water partition coefficient (Wildman–Crippen LogP) is 3.70. The highest BCUT2D eigenvalue weighted by molar-refractivity contribution is 7.90. The summed E-state index contributed by atoms with van der Waals surface area (Å²) in [5, 5.41) is 4.22. The molecule has 5 nitrogen and oxygen atoms in total. The number of benzene rings is 2. The molecule has 0 saturated heterocycles. The fourth-order valence-corrected chi connectivity index (χ4v) is 3.48. The van der Waals surface area contributed by atoms with Crippen LogP contribution in [0.5, 0.6) is 0 Å². The lowest BCUT2D eigenvalue weighted by atomic mass is 9.97. The van der Waals surface area contributed by atoms with Crippen LogP contribution in [-0.2, 0) is 16.4 Å². The van der Waals surface area contributed by atoms with Gasteiger partial charge in [0.2, 0.25) is 0 Å². The number of hydrogen-bond acceptors (Lipinski definition) is 4. The van der Waals surface area contributed by atoms with E-state index < -0.39 is 15.7 Å². The van der Waals surface area contributed by atoms with Crippen LogP contribution in [-0.4, -0.2) is 24.5 Å². The summed E-state index contributed by atoms with van der Waals surface area (Å²) in [5.74, 6) is -0.404. The van der Waals surface area contributed by atoms with Crippen molar-refractivity contribution in [1.29, 1.82) is 0 Å². The Bertz CT molecular complexity index is 1200. The first-order chi connectivity index (χ1) is 13.2. The molecule has 0 spiro atoms. The fraction of sp³-hybridized carbons (Fsp3) is 0.143. The lowest BCUT2D eigenvalue weighted by molar-refractivity contribution is 0.602. The molecule has 144 valence electrons. The Hall–Kier alpha value is -3.06. The highest BCUT2D eigenvalue weighted by atomic mass is 32.2. The highest BCUT2D eigenvalue weighted by Crippen LogP contribution is 2.29. The maximum absolute atomic E-state index is 13.4. The molecule has 0 amide bonds. The standard InChI is InChI=1S/C21H19FN2O3S/c1-14(2)13-24-21(25)20(16-4-8-17(22)9-5-16)19(12-23-24)15-6-10-18(11-7-15)28(3,26)27/h4-12H,1,13H2,2-3H3. The van der Waals surface area contributed by atoms with Crippen molar-refractivity contribution in [2.24, 2.45) is 0 Å². The van der Waals surface area contributed by atoms with E-state index in [1.165, 1.54) is 41.1 Å². The Labute approximate surface area is 162 Å². The number of rotatable bonds is 5. The van der Waals surface area contributed by atoms with Crippen molar-refractivity contribution in [3.05, 3.63) is 83.1 Å². The Morgan fingerprint density at radius 1 is 1.07 bits per heavy atom. The molecular formula is C21H19FN2O3S. The van der Waals surface area contributed by atoms with Crippen LogP contribution in [0.25, 0.3) is 22.3 Å². The first-order valence-electron chi connectivity index (χ1n) is 8.48. The molecule has 0 aliphatic heterocycles. The number of allylic oxidation sites excluding steroid dienone is 1. The van der Waals surface area contributed by atoms with E-state index in [0.717, 1.165) is 11.8 Å². The predicted molar refractivity (Wildman–Crippen MR) is 107 cm³/mol. The summed E-state index contributed by atoms with van der Waals surface area (Å²) in [6.07, 6.45) is 2.69. The van der Waals surface area contributed by atoms with Crippen molar-refractivity contribution in [2.75, 3.05) is 6.26 Å². The van der Waals surface area contributed by atoms with Crippen molar-refractivity contribution in [3.8, 4) is 22.3 Å². The lowest BCUT2D eigenvalue weighted by Gasteiger charge is -2.13. The van der Waals surface area contributed by atoms with Crippen LogP contribution in [0.3, 0.4) is 0 Å². The summed E-state index contributed by atoms with van der Waals surface area (Å²) in [7, 11) is -3.33. The van der Waals surface area contributed by atoms with Gasteiger partial charge in [0.05, 0.1) is 23.2 Å². The van der Waals surface area contributed by atoms with E-state index in [9.17, 15) is 17.6 Å². The van der Waals surface area contributed by atoms with E-state index in [2.05, 4.69) is 11.7 Å². The van der Waals surface area contributed by atoms with Crippen molar-refractivity contribution < 1.29 is 12.8 Å². The van der Waals surface area contributed by atoms with E-state index in [1.54, 1.807) is 25.3 Å². The molecule has 0 aliphatic rings. The molecule has 0 unspecified atom stereocenters. The van der Waals surface area contributed by atoms with Gasteiger partial charge in [0, 0.05) is 11.8 Å². The second-order valence-corrected chi connectivity index (χ2v) is 8.67. The molecule has 7 heteroatoms. The third-order valence-corrected chi connectivity index (χ3v) is 5.32. The van der Waals surface area contributed by atoms with Crippen molar-refractivity contribution in [3.63, 3.8) is 0 Å². The number of sulfone groups is 1. The summed E-state index contributed by atoms with van der Waals surface area (Å²) in [5.41, 5.74) is 2.52. The zero-order valence-electron chi connectivity index (χ0n) is 15.5. The number of hydrogen-bond donors (Lipinski definition) is 0. The van der Waals surface area contributed by atoms with Gasteiger partial charge >= 0.3 is 0 Å².